The Labute approximate surface area is 102 Å². The van der Waals surface area contributed by atoms with Crippen LogP contribution in [-0.4, -0.2) is 39.9 Å². The summed E-state index contributed by atoms with van der Waals surface area (Å²) in [6.45, 7) is 3.06. The van der Waals surface area contributed by atoms with Crippen molar-refractivity contribution >= 4 is 5.84 Å². The number of imidazole rings is 1. The summed E-state index contributed by atoms with van der Waals surface area (Å²) in [5.41, 5.74) is 5.58. The molecule has 0 bridgehead atoms. The largest absolute Gasteiger partial charge is 0.387 e. The van der Waals surface area contributed by atoms with Crippen LogP contribution in [0.3, 0.4) is 0 Å². The summed E-state index contributed by atoms with van der Waals surface area (Å²) < 4.78 is 2.06. The van der Waals surface area contributed by atoms with Crippen LogP contribution in [0.4, 0.5) is 0 Å². The van der Waals surface area contributed by atoms with E-state index in [1.807, 2.05) is 19.4 Å². The zero-order valence-electron chi connectivity index (χ0n) is 10.4. The van der Waals surface area contributed by atoms with Gasteiger partial charge in [0, 0.05) is 44.9 Å². The van der Waals surface area contributed by atoms with Crippen LogP contribution in [0.5, 0.6) is 0 Å². The summed E-state index contributed by atoms with van der Waals surface area (Å²) in [6.07, 6.45) is 6.99. The van der Waals surface area contributed by atoms with Gasteiger partial charge in [-0.25, -0.2) is 4.98 Å². The molecule has 1 aliphatic rings. The number of likely N-dealkylation sites (tertiary alicyclic amines) is 1. The van der Waals surface area contributed by atoms with Crippen LogP contribution in [0.1, 0.15) is 18.7 Å². The molecule has 0 aromatic carbocycles. The van der Waals surface area contributed by atoms with Gasteiger partial charge >= 0.3 is 0 Å². The first-order chi connectivity index (χ1) is 8.16. The molecule has 1 aliphatic heterocycles. The number of nitrogens with zero attached hydrogens (tertiary/aromatic N) is 3. The van der Waals surface area contributed by atoms with Crippen molar-refractivity contribution in [2.75, 3.05) is 19.6 Å². The first-order valence-electron chi connectivity index (χ1n) is 6.19. The molecular formula is C12H21N5. The molecule has 1 aromatic heterocycles. The minimum atomic E-state index is 0.255. The van der Waals surface area contributed by atoms with Crippen molar-refractivity contribution in [3.63, 3.8) is 0 Å². The lowest BCUT2D eigenvalue weighted by Crippen LogP contribution is -2.41. The molecule has 0 amide bonds. The molecule has 5 heteroatoms. The molecule has 0 spiro atoms. The fourth-order valence-electron chi connectivity index (χ4n) is 2.41. The van der Waals surface area contributed by atoms with Gasteiger partial charge < -0.3 is 15.2 Å². The zero-order valence-corrected chi connectivity index (χ0v) is 10.4. The predicted molar refractivity (Wildman–Crippen MR) is 68.0 cm³/mol. The first-order valence-corrected chi connectivity index (χ1v) is 6.19. The van der Waals surface area contributed by atoms with E-state index < -0.39 is 0 Å². The van der Waals surface area contributed by atoms with E-state index in [9.17, 15) is 0 Å². The Balaban J connectivity index is 1.83. The van der Waals surface area contributed by atoms with Crippen LogP contribution in [0, 0.1) is 11.3 Å². The van der Waals surface area contributed by atoms with Crippen LogP contribution >= 0.6 is 0 Å². The minimum absolute atomic E-state index is 0.255. The van der Waals surface area contributed by atoms with Gasteiger partial charge in [-0.15, -0.1) is 0 Å². The smallest absolute Gasteiger partial charge is 0.109 e. The van der Waals surface area contributed by atoms with Gasteiger partial charge in [-0.05, 0) is 19.4 Å². The molecule has 3 N–H and O–H groups in total. The molecule has 1 aromatic rings. The van der Waals surface area contributed by atoms with Crippen LogP contribution in [0.25, 0.3) is 0 Å². The second-order valence-corrected chi connectivity index (χ2v) is 4.80. The summed E-state index contributed by atoms with van der Waals surface area (Å²) >= 11 is 0. The number of piperidine rings is 1. The quantitative estimate of drug-likeness (QED) is 0.593. The number of rotatable bonds is 4. The summed E-state index contributed by atoms with van der Waals surface area (Å²) in [4.78, 5) is 6.72. The molecule has 1 saturated heterocycles. The van der Waals surface area contributed by atoms with Gasteiger partial charge in [0.2, 0.25) is 0 Å². The van der Waals surface area contributed by atoms with Gasteiger partial charge in [-0.3, -0.25) is 5.41 Å². The molecule has 1 fully saturated rings. The standard InChI is InChI=1S/C12H21N5/c1-16-8-5-15-11(16)4-7-17-6-2-3-10(9-17)12(13)14/h5,8,10H,2-4,6-7,9H2,1H3,(H3,13,14). The lowest BCUT2D eigenvalue weighted by atomic mass is 9.97. The maximum atomic E-state index is 7.52. The second kappa shape index (κ2) is 5.31. The number of aromatic nitrogens is 2. The Morgan fingerprint density at radius 1 is 1.65 bits per heavy atom. The SMILES string of the molecule is Cn1ccnc1CCN1CCCC(C(=N)N)C1. The summed E-state index contributed by atoms with van der Waals surface area (Å²) in [5, 5.41) is 7.52. The van der Waals surface area contributed by atoms with Crippen LogP contribution in [0.2, 0.25) is 0 Å². The van der Waals surface area contributed by atoms with E-state index in [1.54, 1.807) is 0 Å². The molecule has 2 heterocycles. The Bertz CT molecular complexity index is 384. The van der Waals surface area contributed by atoms with Gasteiger partial charge in [0.25, 0.3) is 0 Å². The van der Waals surface area contributed by atoms with E-state index >= 15 is 0 Å². The van der Waals surface area contributed by atoms with E-state index in [2.05, 4.69) is 14.5 Å². The second-order valence-electron chi connectivity index (χ2n) is 4.80. The van der Waals surface area contributed by atoms with Crippen molar-refractivity contribution in [3.05, 3.63) is 18.2 Å². The topological polar surface area (TPSA) is 70.9 Å². The van der Waals surface area contributed by atoms with Gasteiger partial charge in [-0.2, -0.15) is 0 Å². The predicted octanol–water partition coefficient (Wildman–Crippen LogP) is 0.611. The highest BCUT2D eigenvalue weighted by Crippen LogP contribution is 2.16. The van der Waals surface area contributed by atoms with Crippen molar-refractivity contribution < 1.29 is 0 Å². The monoisotopic (exact) mass is 235 g/mol. The Morgan fingerprint density at radius 2 is 2.47 bits per heavy atom. The number of nitrogens with one attached hydrogen (secondary N) is 1. The Hall–Kier alpha value is -1.36. The number of aryl methyl sites for hydroxylation is 1. The van der Waals surface area contributed by atoms with Gasteiger partial charge in [0.15, 0.2) is 0 Å². The van der Waals surface area contributed by atoms with Crippen molar-refractivity contribution in [1.82, 2.24) is 14.5 Å². The van der Waals surface area contributed by atoms with Crippen molar-refractivity contribution in [1.29, 1.82) is 5.41 Å². The Kier molecular flexibility index (Phi) is 3.78. The number of hydrogen-bond donors (Lipinski definition) is 2. The highest BCUT2D eigenvalue weighted by molar-refractivity contribution is 5.79. The van der Waals surface area contributed by atoms with Crippen molar-refractivity contribution in [2.45, 2.75) is 19.3 Å². The number of amidine groups is 1. The summed E-state index contributed by atoms with van der Waals surface area (Å²) in [7, 11) is 2.02. The lowest BCUT2D eigenvalue weighted by molar-refractivity contribution is 0.204. The fraction of sp³-hybridized carbons (Fsp3) is 0.667. The van der Waals surface area contributed by atoms with Crippen molar-refractivity contribution in [3.8, 4) is 0 Å². The summed E-state index contributed by atoms with van der Waals surface area (Å²) in [6, 6.07) is 0. The molecule has 1 atom stereocenters. The van der Waals surface area contributed by atoms with Crippen LogP contribution in [0.15, 0.2) is 12.4 Å². The molecular weight excluding hydrogens is 214 g/mol. The maximum Gasteiger partial charge on any atom is 0.109 e. The molecule has 5 nitrogen and oxygen atoms in total. The molecule has 0 aliphatic carbocycles. The third kappa shape index (κ3) is 3.06. The molecule has 0 radical (unpaired) electrons. The molecule has 94 valence electrons. The Morgan fingerprint density at radius 3 is 3.12 bits per heavy atom. The maximum absolute atomic E-state index is 7.52. The van der Waals surface area contributed by atoms with E-state index in [4.69, 9.17) is 11.1 Å². The van der Waals surface area contributed by atoms with Crippen LogP contribution < -0.4 is 5.73 Å². The number of nitrogens with two attached hydrogens (primary N) is 1. The van der Waals surface area contributed by atoms with E-state index in [0.29, 0.717) is 5.84 Å². The van der Waals surface area contributed by atoms with E-state index in [1.165, 1.54) is 0 Å². The molecule has 17 heavy (non-hydrogen) atoms. The normalized spacial score (nSPS) is 21.6. The van der Waals surface area contributed by atoms with E-state index in [-0.39, 0.29) is 5.92 Å². The molecule has 1 unspecified atom stereocenters. The van der Waals surface area contributed by atoms with Gasteiger partial charge in [-0.1, -0.05) is 0 Å². The average molecular weight is 235 g/mol. The fourth-order valence-corrected chi connectivity index (χ4v) is 2.41. The third-order valence-corrected chi connectivity index (χ3v) is 3.52. The zero-order chi connectivity index (χ0) is 12.3. The highest BCUT2D eigenvalue weighted by atomic mass is 15.1. The summed E-state index contributed by atoms with van der Waals surface area (Å²) in [5.74, 6) is 1.71. The van der Waals surface area contributed by atoms with Gasteiger partial charge in [0.05, 0.1) is 5.84 Å². The van der Waals surface area contributed by atoms with E-state index in [0.717, 1.165) is 44.7 Å². The van der Waals surface area contributed by atoms with Gasteiger partial charge in [0.1, 0.15) is 5.82 Å². The molecule has 0 saturated carbocycles. The lowest BCUT2D eigenvalue weighted by Gasteiger charge is -2.31. The average Bonchev–Trinajstić information content (AvgIpc) is 2.72. The third-order valence-electron chi connectivity index (χ3n) is 3.52. The number of hydrogen-bond acceptors (Lipinski definition) is 3. The van der Waals surface area contributed by atoms with Crippen LogP contribution in [-0.2, 0) is 13.5 Å². The minimum Gasteiger partial charge on any atom is -0.387 e. The highest BCUT2D eigenvalue weighted by Gasteiger charge is 2.21. The first kappa shape index (κ1) is 12.1. The molecule has 2 rings (SSSR count). The van der Waals surface area contributed by atoms with Crippen molar-refractivity contribution in [2.24, 2.45) is 18.7 Å².